The highest BCUT2D eigenvalue weighted by Gasteiger charge is 2.71. The van der Waals surface area contributed by atoms with Gasteiger partial charge in [0.05, 0.1) is 14.6 Å². The van der Waals surface area contributed by atoms with E-state index in [9.17, 15) is 9.59 Å². The molecule has 0 amide bonds. The van der Waals surface area contributed by atoms with E-state index < -0.39 is 17.4 Å². The van der Waals surface area contributed by atoms with Gasteiger partial charge >= 0.3 is 9.29 Å². The summed E-state index contributed by atoms with van der Waals surface area (Å²) < 4.78 is 16.8. The van der Waals surface area contributed by atoms with E-state index >= 15 is 0 Å². The quantitative estimate of drug-likeness (QED) is 0.297. The zero-order chi connectivity index (χ0) is 20.9. The van der Waals surface area contributed by atoms with Crippen LogP contribution in [0.15, 0.2) is 53.5 Å². The highest BCUT2D eigenvalue weighted by atomic mass is 28.3. The lowest BCUT2D eigenvalue weighted by molar-refractivity contribution is 0.0985. The average Bonchev–Trinajstić information content (AvgIpc) is 3.59. The zero-order valence-electron chi connectivity index (χ0n) is 16.4. The van der Waals surface area contributed by atoms with Crippen molar-refractivity contribution < 1.29 is 18.5 Å². The lowest BCUT2D eigenvalue weighted by Gasteiger charge is -2.03. The summed E-state index contributed by atoms with van der Waals surface area (Å²) in [7, 11) is -2.38. The second-order valence-electron chi connectivity index (χ2n) is 7.72. The molecule has 2 aromatic carbocycles. The Hall–Kier alpha value is -2.52. The first kappa shape index (κ1) is 26.5. The van der Waals surface area contributed by atoms with E-state index in [-0.39, 0.29) is 20.6 Å². The van der Waals surface area contributed by atoms with E-state index in [1.165, 1.54) is 12.1 Å². The number of carbonyl (C=O) groups excluding carboxylic acids is 2. The van der Waals surface area contributed by atoms with Crippen molar-refractivity contribution in [2.45, 2.75) is 58.4 Å². The topological polar surface area (TPSA) is 80.6 Å². The fraction of sp³-hybridized carbons (Fsp3) is 0.375. The summed E-state index contributed by atoms with van der Waals surface area (Å²) in [6, 6.07) is 19.1. The third kappa shape index (κ3) is 7.00. The van der Waals surface area contributed by atoms with Crippen molar-refractivity contribution >= 4 is 35.1 Å². The van der Waals surface area contributed by atoms with E-state index in [1.54, 1.807) is 0 Å². The molecule has 2 heterocycles. The lowest BCUT2D eigenvalue weighted by atomic mass is 10.1. The molecule has 5 nitrogen and oxygen atoms in total. The predicted octanol–water partition coefficient (Wildman–Crippen LogP) is 5.58. The molecular formula is C24H31NO4Si2. The molecule has 0 aliphatic carbocycles. The first-order valence-corrected chi connectivity index (χ1v) is 13.3. The molecule has 0 aromatic heterocycles. The minimum Gasteiger partial charge on any atom is -0.295 e. The zero-order valence-corrected chi connectivity index (χ0v) is 18.4. The standard InChI is InChI=1S/C22H23NO2Si.2CH4.O2Si/c1-2-21(24)18-7-3-16(4-8-18)11-23-12-17-5-9-19(10-6-17)22(25)15-26-13-20(26)14-26;;;1-3-2/h3-11,20H,2,12-15H2,1H3;2*1H4;. The number of aliphatic imine (C=N–C) groups is 1. The van der Waals surface area contributed by atoms with Crippen LogP contribution in [-0.4, -0.2) is 35.1 Å². The highest BCUT2D eigenvalue weighted by Crippen LogP contribution is 2.74. The SMILES string of the molecule is C.C.CCC(=O)c1ccc(C=NCc2ccc(C(=O)C[Si]34CC3C4)cc2)cc1.O=[Si]=O. The van der Waals surface area contributed by atoms with Crippen LogP contribution < -0.4 is 0 Å². The number of ketones is 2. The molecule has 2 aliphatic rings. The lowest BCUT2D eigenvalue weighted by Crippen LogP contribution is -2.09. The van der Waals surface area contributed by atoms with E-state index in [1.807, 2.05) is 61.7 Å². The maximum absolute atomic E-state index is 12.3. The number of nitrogens with zero attached hydrogens (tertiary/aromatic N) is 1. The molecule has 0 bridgehead atoms. The molecule has 0 saturated carbocycles. The van der Waals surface area contributed by atoms with Crippen LogP contribution in [0.4, 0.5) is 0 Å². The summed E-state index contributed by atoms with van der Waals surface area (Å²) in [5, 5.41) is 0. The van der Waals surface area contributed by atoms with E-state index in [4.69, 9.17) is 8.92 Å². The van der Waals surface area contributed by atoms with E-state index in [0.717, 1.165) is 33.8 Å². The monoisotopic (exact) mass is 453 g/mol. The van der Waals surface area contributed by atoms with Gasteiger partial charge in [0.2, 0.25) is 0 Å². The van der Waals surface area contributed by atoms with Crippen LogP contribution in [-0.2, 0) is 15.5 Å². The molecule has 7 heteroatoms. The molecule has 2 saturated heterocycles. The van der Waals surface area contributed by atoms with E-state index in [2.05, 4.69) is 4.99 Å². The largest absolute Gasteiger partial charge is 0.549 e. The molecule has 31 heavy (non-hydrogen) atoms. The average molecular weight is 454 g/mol. The number of fused-ring (bicyclic) bond motifs is 1. The number of rotatable bonds is 8. The number of benzene rings is 2. The first-order valence-electron chi connectivity index (χ1n) is 9.76. The molecule has 0 spiro atoms. The van der Waals surface area contributed by atoms with Gasteiger partial charge in [0.25, 0.3) is 0 Å². The van der Waals surface area contributed by atoms with Crippen LogP contribution in [0.3, 0.4) is 0 Å². The second-order valence-corrected chi connectivity index (χ2v) is 12.6. The maximum atomic E-state index is 12.3. The Labute approximate surface area is 188 Å². The van der Waals surface area contributed by atoms with Gasteiger partial charge in [-0.25, -0.2) is 0 Å². The molecule has 4 rings (SSSR count). The van der Waals surface area contributed by atoms with Gasteiger partial charge in [-0.05, 0) is 16.7 Å². The second kappa shape index (κ2) is 11.8. The summed E-state index contributed by atoms with van der Waals surface area (Å²) in [6.07, 6.45) is 2.35. The maximum Gasteiger partial charge on any atom is 0.549 e. The van der Waals surface area contributed by atoms with Gasteiger partial charge in [0.1, 0.15) is 0 Å². The summed E-state index contributed by atoms with van der Waals surface area (Å²) in [5.41, 5.74) is 4.68. The van der Waals surface area contributed by atoms with E-state index in [0.29, 0.717) is 18.7 Å². The van der Waals surface area contributed by atoms with Gasteiger partial charge < -0.3 is 0 Å². The Morgan fingerprint density at radius 3 is 1.94 bits per heavy atom. The summed E-state index contributed by atoms with van der Waals surface area (Å²) in [4.78, 5) is 28.4. The number of hydrogen-bond acceptors (Lipinski definition) is 5. The van der Waals surface area contributed by atoms with Crippen molar-refractivity contribution in [1.82, 2.24) is 0 Å². The van der Waals surface area contributed by atoms with Crippen LogP contribution >= 0.6 is 0 Å². The van der Waals surface area contributed by atoms with Crippen molar-refractivity contribution in [3.63, 3.8) is 0 Å². The van der Waals surface area contributed by atoms with Crippen LogP contribution in [0.5, 0.6) is 0 Å². The van der Waals surface area contributed by atoms with Crippen molar-refractivity contribution in [2.75, 3.05) is 0 Å². The molecule has 2 aliphatic heterocycles. The summed E-state index contributed by atoms with van der Waals surface area (Å²) >= 11 is 0. The number of carbonyl (C=O) groups is 2. The summed E-state index contributed by atoms with van der Waals surface area (Å²) in [6.45, 7) is 2.46. The smallest absolute Gasteiger partial charge is 0.295 e. The molecule has 0 radical (unpaired) electrons. The minimum absolute atomic E-state index is 0. The number of hydrogen-bond donors (Lipinski definition) is 0. The third-order valence-electron chi connectivity index (χ3n) is 5.71. The van der Waals surface area contributed by atoms with Crippen LogP contribution in [0.25, 0.3) is 0 Å². The van der Waals surface area contributed by atoms with Gasteiger partial charge in [-0.1, -0.05) is 82.4 Å². The molecule has 2 aromatic rings. The fourth-order valence-corrected chi connectivity index (χ4v) is 8.29. The van der Waals surface area contributed by atoms with Gasteiger partial charge in [-0.3, -0.25) is 23.5 Å². The molecule has 0 unspecified atom stereocenters. The fourth-order valence-electron chi connectivity index (χ4n) is 3.53. The van der Waals surface area contributed by atoms with Crippen molar-refractivity contribution in [3.8, 4) is 0 Å². The van der Waals surface area contributed by atoms with Crippen LogP contribution in [0.2, 0.25) is 23.7 Å². The Morgan fingerprint density at radius 1 is 0.968 bits per heavy atom. The number of Topliss-reactive ketones (excluding diaryl/α,β-unsaturated/α-hetero) is 2. The molecule has 164 valence electrons. The predicted molar refractivity (Wildman–Crippen MR) is 128 cm³/mol. The Kier molecular flexibility index (Phi) is 10.1. The molecular weight excluding hydrogens is 422 g/mol. The third-order valence-corrected chi connectivity index (χ3v) is 10.4. The Balaban J connectivity index is 0.000000910. The van der Waals surface area contributed by atoms with Crippen molar-refractivity contribution in [2.24, 2.45) is 4.99 Å². The Bertz CT molecular complexity index is 956. The van der Waals surface area contributed by atoms with Crippen molar-refractivity contribution in [3.05, 3.63) is 70.8 Å². The van der Waals surface area contributed by atoms with Gasteiger partial charge in [0, 0.05) is 29.8 Å². The van der Waals surface area contributed by atoms with Gasteiger partial charge in [-0.2, -0.15) is 0 Å². The molecule has 0 N–H and O–H groups in total. The van der Waals surface area contributed by atoms with Crippen molar-refractivity contribution in [1.29, 1.82) is 0 Å². The Morgan fingerprint density at radius 2 is 1.45 bits per heavy atom. The normalized spacial score (nSPS) is 19.5. The summed E-state index contributed by atoms with van der Waals surface area (Å²) in [5.74, 6) is 0.498. The molecule has 0 atom stereocenters. The van der Waals surface area contributed by atoms with Crippen LogP contribution in [0.1, 0.15) is 60.0 Å². The first-order chi connectivity index (χ1) is 14.0. The highest BCUT2D eigenvalue weighted by molar-refractivity contribution is 7.03. The molecule has 2 fully saturated rings. The minimum atomic E-state index is -1.42. The van der Waals surface area contributed by atoms with Gasteiger partial charge in [0.15, 0.2) is 11.6 Å². The van der Waals surface area contributed by atoms with Crippen LogP contribution in [0, 0.1) is 0 Å². The van der Waals surface area contributed by atoms with Gasteiger partial charge in [-0.15, -0.1) is 0 Å².